The van der Waals surface area contributed by atoms with Crippen molar-refractivity contribution in [1.29, 1.82) is 0 Å². The molecule has 150 valence electrons. The first-order valence-corrected chi connectivity index (χ1v) is 10.0. The van der Waals surface area contributed by atoms with E-state index in [2.05, 4.69) is 0 Å². The molecule has 4 rings (SSSR count). The maximum absolute atomic E-state index is 13.1. The summed E-state index contributed by atoms with van der Waals surface area (Å²) in [6.07, 6.45) is 3.37. The number of benzene rings is 1. The SMILES string of the molecule is COCc1c(C(=O)N2CCN(C(=O)N3CCCCC3)CC2)oc2ccccc12. The van der Waals surface area contributed by atoms with Crippen LogP contribution in [0.15, 0.2) is 28.7 Å². The second-order valence-electron chi connectivity index (χ2n) is 7.45. The zero-order valence-electron chi connectivity index (χ0n) is 16.4. The predicted octanol–water partition coefficient (Wildman–Crippen LogP) is 2.94. The number of hydrogen-bond donors (Lipinski definition) is 0. The molecule has 0 radical (unpaired) electrons. The van der Waals surface area contributed by atoms with Gasteiger partial charge < -0.3 is 23.9 Å². The number of likely N-dealkylation sites (tertiary alicyclic amines) is 1. The van der Waals surface area contributed by atoms with E-state index in [9.17, 15) is 9.59 Å². The van der Waals surface area contributed by atoms with Crippen LogP contribution in [0.5, 0.6) is 0 Å². The summed E-state index contributed by atoms with van der Waals surface area (Å²) in [6.45, 7) is 4.16. The Morgan fingerprint density at radius 2 is 1.57 bits per heavy atom. The number of amides is 3. The van der Waals surface area contributed by atoms with Gasteiger partial charge >= 0.3 is 6.03 Å². The van der Waals surface area contributed by atoms with Crippen molar-refractivity contribution in [2.75, 3.05) is 46.4 Å². The molecule has 0 bridgehead atoms. The molecule has 0 saturated carbocycles. The molecular formula is C21H27N3O4. The van der Waals surface area contributed by atoms with Gasteiger partial charge in [0.2, 0.25) is 0 Å². The van der Waals surface area contributed by atoms with Crippen molar-refractivity contribution in [2.45, 2.75) is 25.9 Å². The average molecular weight is 385 g/mol. The highest BCUT2D eigenvalue weighted by Crippen LogP contribution is 2.28. The van der Waals surface area contributed by atoms with Crippen molar-refractivity contribution in [3.05, 3.63) is 35.6 Å². The summed E-state index contributed by atoms with van der Waals surface area (Å²) in [5.41, 5.74) is 1.48. The van der Waals surface area contributed by atoms with E-state index in [0.29, 0.717) is 44.1 Å². The van der Waals surface area contributed by atoms with Crippen molar-refractivity contribution in [3.63, 3.8) is 0 Å². The third kappa shape index (κ3) is 3.58. The normalized spacial score (nSPS) is 18.0. The molecular weight excluding hydrogens is 358 g/mol. The van der Waals surface area contributed by atoms with Gasteiger partial charge in [0.05, 0.1) is 6.61 Å². The van der Waals surface area contributed by atoms with Gasteiger partial charge in [0.25, 0.3) is 5.91 Å². The first-order valence-electron chi connectivity index (χ1n) is 10.0. The lowest BCUT2D eigenvalue weighted by molar-refractivity contribution is 0.0601. The number of hydrogen-bond acceptors (Lipinski definition) is 4. The number of carbonyl (C=O) groups excluding carboxylic acids is 2. The maximum atomic E-state index is 13.1. The monoisotopic (exact) mass is 385 g/mol. The highest BCUT2D eigenvalue weighted by Gasteiger charge is 2.31. The summed E-state index contributed by atoms with van der Waals surface area (Å²) in [4.78, 5) is 31.4. The van der Waals surface area contributed by atoms with Gasteiger partial charge in [0.1, 0.15) is 5.58 Å². The van der Waals surface area contributed by atoms with Crippen LogP contribution in [-0.4, -0.2) is 73.0 Å². The fourth-order valence-corrected chi connectivity index (χ4v) is 4.09. The molecule has 2 saturated heterocycles. The number of urea groups is 1. The average Bonchev–Trinajstić information content (AvgIpc) is 3.12. The minimum atomic E-state index is -0.131. The number of methoxy groups -OCH3 is 1. The number of piperazine rings is 1. The summed E-state index contributed by atoms with van der Waals surface area (Å²) in [7, 11) is 1.61. The van der Waals surface area contributed by atoms with Gasteiger partial charge in [0, 0.05) is 57.3 Å². The lowest BCUT2D eigenvalue weighted by Crippen LogP contribution is -2.54. The van der Waals surface area contributed by atoms with Crippen molar-refractivity contribution in [3.8, 4) is 0 Å². The van der Waals surface area contributed by atoms with E-state index in [4.69, 9.17) is 9.15 Å². The number of furan rings is 1. The van der Waals surface area contributed by atoms with E-state index >= 15 is 0 Å². The molecule has 0 unspecified atom stereocenters. The van der Waals surface area contributed by atoms with Crippen molar-refractivity contribution >= 4 is 22.9 Å². The molecule has 0 N–H and O–H groups in total. The molecule has 2 aliphatic rings. The zero-order valence-corrected chi connectivity index (χ0v) is 16.4. The minimum Gasteiger partial charge on any atom is -0.451 e. The number of fused-ring (bicyclic) bond motifs is 1. The Morgan fingerprint density at radius 1 is 0.929 bits per heavy atom. The Labute approximate surface area is 164 Å². The van der Waals surface area contributed by atoms with Gasteiger partial charge in [-0.1, -0.05) is 18.2 Å². The fourth-order valence-electron chi connectivity index (χ4n) is 4.09. The van der Waals surface area contributed by atoms with Crippen LogP contribution in [0.2, 0.25) is 0 Å². The van der Waals surface area contributed by atoms with E-state index in [1.807, 2.05) is 34.1 Å². The topological polar surface area (TPSA) is 66.2 Å². The van der Waals surface area contributed by atoms with Gasteiger partial charge in [-0.15, -0.1) is 0 Å². The number of carbonyl (C=O) groups is 2. The molecule has 7 nitrogen and oxygen atoms in total. The van der Waals surface area contributed by atoms with Crippen molar-refractivity contribution in [2.24, 2.45) is 0 Å². The van der Waals surface area contributed by atoms with E-state index in [1.54, 1.807) is 12.0 Å². The van der Waals surface area contributed by atoms with Crippen LogP contribution in [-0.2, 0) is 11.3 Å². The van der Waals surface area contributed by atoms with E-state index in [0.717, 1.165) is 36.9 Å². The third-order valence-corrected chi connectivity index (χ3v) is 5.65. The molecule has 2 aromatic rings. The van der Waals surface area contributed by atoms with Crippen LogP contribution in [0, 0.1) is 0 Å². The van der Waals surface area contributed by atoms with Crippen LogP contribution >= 0.6 is 0 Å². The minimum absolute atomic E-state index is 0.107. The second-order valence-corrected chi connectivity index (χ2v) is 7.45. The number of piperidine rings is 1. The summed E-state index contributed by atoms with van der Waals surface area (Å²) >= 11 is 0. The Hall–Kier alpha value is -2.54. The summed E-state index contributed by atoms with van der Waals surface area (Å²) < 4.78 is 11.2. The zero-order chi connectivity index (χ0) is 19.5. The second kappa shape index (κ2) is 8.22. The van der Waals surface area contributed by atoms with Gasteiger partial charge in [0.15, 0.2) is 5.76 Å². The summed E-state index contributed by atoms with van der Waals surface area (Å²) in [6, 6.07) is 7.73. The largest absolute Gasteiger partial charge is 0.451 e. The summed E-state index contributed by atoms with van der Waals surface area (Å²) in [5.74, 6) is 0.215. The Morgan fingerprint density at radius 3 is 2.29 bits per heavy atom. The first kappa shape index (κ1) is 18.8. The van der Waals surface area contributed by atoms with Crippen molar-refractivity contribution in [1.82, 2.24) is 14.7 Å². The molecule has 1 aromatic carbocycles. The Bertz CT molecular complexity index is 848. The Balaban J connectivity index is 1.45. The van der Waals surface area contributed by atoms with Gasteiger partial charge in [-0.25, -0.2) is 4.79 Å². The van der Waals surface area contributed by atoms with Crippen molar-refractivity contribution < 1.29 is 18.7 Å². The molecule has 0 spiro atoms. The molecule has 1 aromatic heterocycles. The quantitative estimate of drug-likeness (QED) is 0.815. The standard InChI is InChI=1S/C21H27N3O4/c1-27-15-17-16-7-3-4-8-18(16)28-19(17)20(25)22-11-13-24(14-12-22)21(26)23-9-5-2-6-10-23/h3-4,7-8H,2,5-6,9-15H2,1H3. The number of para-hydroxylation sites is 1. The van der Waals surface area contributed by atoms with E-state index in [-0.39, 0.29) is 11.9 Å². The number of rotatable bonds is 3. The first-order chi connectivity index (χ1) is 13.7. The lowest BCUT2D eigenvalue weighted by Gasteiger charge is -2.38. The van der Waals surface area contributed by atoms with Gasteiger partial charge in [-0.05, 0) is 25.3 Å². The van der Waals surface area contributed by atoms with Crippen LogP contribution in [0.4, 0.5) is 4.79 Å². The maximum Gasteiger partial charge on any atom is 0.320 e. The lowest BCUT2D eigenvalue weighted by atomic mass is 10.1. The predicted molar refractivity (Wildman–Crippen MR) is 105 cm³/mol. The molecule has 0 atom stereocenters. The number of nitrogens with zero attached hydrogens (tertiary/aromatic N) is 3. The molecule has 2 aliphatic heterocycles. The van der Waals surface area contributed by atoms with Crippen LogP contribution in [0.1, 0.15) is 35.4 Å². The molecule has 0 aliphatic carbocycles. The smallest absolute Gasteiger partial charge is 0.320 e. The van der Waals surface area contributed by atoms with Crippen LogP contribution in [0.25, 0.3) is 11.0 Å². The molecule has 28 heavy (non-hydrogen) atoms. The van der Waals surface area contributed by atoms with E-state index < -0.39 is 0 Å². The highest BCUT2D eigenvalue weighted by molar-refractivity contribution is 5.99. The van der Waals surface area contributed by atoms with Crippen LogP contribution < -0.4 is 0 Å². The molecule has 3 heterocycles. The highest BCUT2D eigenvalue weighted by atomic mass is 16.5. The third-order valence-electron chi connectivity index (χ3n) is 5.65. The fraction of sp³-hybridized carbons (Fsp3) is 0.524. The Kier molecular flexibility index (Phi) is 5.52. The molecule has 3 amide bonds. The molecule has 2 fully saturated rings. The van der Waals surface area contributed by atoms with Gasteiger partial charge in [-0.2, -0.15) is 0 Å². The van der Waals surface area contributed by atoms with Crippen LogP contribution in [0.3, 0.4) is 0 Å². The number of ether oxygens (including phenoxy) is 1. The van der Waals surface area contributed by atoms with E-state index in [1.165, 1.54) is 6.42 Å². The van der Waals surface area contributed by atoms with Gasteiger partial charge in [-0.3, -0.25) is 4.79 Å². The summed E-state index contributed by atoms with van der Waals surface area (Å²) in [5, 5.41) is 0.909. The molecule has 7 heteroatoms.